The van der Waals surface area contributed by atoms with Crippen LogP contribution < -0.4 is 5.32 Å². The minimum absolute atomic E-state index is 0.609. The topological polar surface area (TPSA) is 24.5 Å². The number of ether oxygens (including phenoxy) is 1. The van der Waals surface area contributed by atoms with Crippen molar-refractivity contribution >= 4 is 0 Å². The van der Waals surface area contributed by atoms with Gasteiger partial charge in [-0.2, -0.15) is 0 Å². The molecule has 0 amide bonds. The van der Waals surface area contributed by atoms with Crippen molar-refractivity contribution in [3.63, 3.8) is 0 Å². The number of benzene rings is 1. The van der Waals surface area contributed by atoms with Gasteiger partial charge in [0.25, 0.3) is 0 Å². The summed E-state index contributed by atoms with van der Waals surface area (Å²) >= 11 is 0. The third kappa shape index (κ3) is 4.46. The molecule has 0 aliphatic carbocycles. The zero-order valence-corrected chi connectivity index (χ0v) is 10.6. The van der Waals surface area contributed by atoms with Crippen molar-refractivity contribution in [2.24, 2.45) is 0 Å². The van der Waals surface area contributed by atoms with Gasteiger partial charge in [0.1, 0.15) is 0 Å². The lowest BCUT2D eigenvalue weighted by atomic mass is 10.2. The normalized spacial score (nSPS) is 21.6. The van der Waals surface area contributed by atoms with Crippen molar-refractivity contribution in [3.05, 3.63) is 35.9 Å². The zero-order valence-electron chi connectivity index (χ0n) is 10.6. The number of nitrogens with zero attached hydrogens (tertiary/aromatic N) is 1. The van der Waals surface area contributed by atoms with E-state index in [1.165, 1.54) is 5.56 Å². The maximum atomic E-state index is 5.70. The average molecular weight is 234 g/mol. The molecule has 3 heteroatoms. The summed E-state index contributed by atoms with van der Waals surface area (Å²) in [6.07, 6.45) is 0. The molecule has 94 valence electrons. The molecule has 1 aliphatic rings. The first-order chi connectivity index (χ1) is 8.34. The summed E-state index contributed by atoms with van der Waals surface area (Å²) in [4.78, 5) is 2.46. The maximum absolute atomic E-state index is 5.70. The van der Waals surface area contributed by atoms with E-state index in [1.54, 1.807) is 0 Å². The molecule has 1 aromatic carbocycles. The highest BCUT2D eigenvalue weighted by Crippen LogP contribution is 2.02. The summed E-state index contributed by atoms with van der Waals surface area (Å²) in [6, 6.07) is 11.0. The highest BCUT2D eigenvalue weighted by atomic mass is 16.5. The van der Waals surface area contributed by atoms with Crippen LogP contribution >= 0.6 is 0 Å². The lowest BCUT2D eigenvalue weighted by Gasteiger charge is -2.31. The first-order valence-corrected chi connectivity index (χ1v) is 6.42. The fourth-order valence-electron chi connectivity index (χ4n) is 2.17. The van der Waals surface area contributed by atoms with Crippen LogP contribution in [-0.2, 0) is 11.3 Å². The Kier molecular flexibility index (Phi) is 4.98. The van der Waals surface area contributed by atoms with Gasteiger partial charge in [0.05, 0.1) is 13.2 Å². The van der Waals surface area contributed by atoms with Crippen molar-refractivity contribution < 1.29 is 4.74 Å². The molecule has 1 saturated heterocycles. The van der Waals surface area contributed by atoms with Gasteiger partial charge in [0, 0.05) is 32.2 Å². The number of hydrogen-bond acceptors (Lipinski definition) is 3. The summed E-state index contributed by atoms with van der Waals surface area (Å²) in [7, 11) is 0. The smallest absolute Gasteiger partial charge is 0.0717 e. The standard InChI is InChI=1S/C14H22N2O/c1-13-11-16(8-7-15-13)9-10-17-12-14-5-3-2-4-6-14/h2-6,13,15H,7-12H2,1H3/t13-/m0/s1. The fraction of sp³-hybridized carbons (Fsp3) is 0.571. The van der Waals surface area contributed by atoms with Gasteiger partial charge in [0.15, 0.2) is 0 Å². The average Bonchev–Trinajstić information content (AvgIpc) is 2.36. The zero-order chi connectivity index (χ0) is 11.9. The predicted octanol–water partition coefficient (Wildman–Crippen LogP) is 1.50. The molecule has 1 aliphatic heterocycles. The molecule has 0 saturated carbocycles. The maximum Gasteiger partial charge on any atom is 0.0717 e. The molecule has 1 atom stereocenters. The van der Waals surface area contributed by atoms with E-state index in [1.807, 2.05) is 6.07 Å². The predicted molar refractivity (Wildman–Crippen MR) is 70.0 cm³/mol. The fourth-order valence-corrected chi connectivity index (χ4v) is 2.17. The van der Waals surface area contributed by atoms with Crippen LogP contribution in [0.15, 0.2) is 30.3 Å². The minimum atomic E-state index is 0.609. The molecular formula is C14H22N2O. The quantitative estimate of drug-likeness (QED) is 0.781. The van der Waals surface area contributed by atoms with Crippen LogP contribution in [0.4, 0.5) is 0 Å². The Morgan fingerprint density at radius 2 is 2.18 bits per heavy atom. The van der Waals surface area contributed by atoms with E-state index >= 15 is 0 Å². The Morgan fingerprint density at radius 3 is 2.94 bits per heavy atom. The van der Waals surface area contributed by atoms with Gasteiger partial charge in [-0.25, -0.2) is 0 Å². The Morgan fingerprint density at radius 1 is 1.35 bits per heavy atom. The van der Waals surface area contributed by atoms with E-state index in [2.05, 4.69) is 41.4 Å². The van der Waals surface area contributed by atoms with E-state index in [-0.39, 0.29) is 0 Å². The van der Waals surface area contributed by atoms with Crippen LogP contribution in [0.25, 0.3) is 0 Å². The van der Waals surface area contributed by atoms with Gasteiger partial charge < -0.3 is 10.1 Å². The van der Waals surface area contributed by atoms with E-state index in [4.69, 9.17) is 4.74 Å². The van der Waals surface area contributed by atoms with Gasteiger partial charge in [0.2, 0.25) is 0 Å². The van der Waals surface area contributed by atoms with E-state index in [9.17, 15) is 0 Å². The van der Waals surface area contributed by atoms with E-state index in [0.717, 1.165) is 39.4 Å². The van der Waals surface area contributed by atoms with Crippen molar-refractivity contribution in [1.29, 1.82) is 0 Å². The van der Waals surface area contributed by atoms with Crippen LogP contribution in [-0.4, -0.2) is 43.7 Å². The number of hydrogen-bond donors (Lipinski definition) is 1. The van der Waals surface area contributed by atoms with E-state index < -0.39 is 0 Å². The van der Waals surface area contributed by atoms with Crippen LogP contribution in [0.3, 0.4) is 0 Å². The van der Waals surface area contributed by atoms with Crippen LogP contribution in [0.5, 0.6) is 0 Å². The summed E-state index contributed by atoms with van der Waals surface area (Å²) in [6.45, 7) is 8.19. The van der Waals surface area contributed by atoms with Crippen LogP contribution in [0.1, 0.15) is 12.5 Å². The summed E-state index contributed by atoms with van der Waals surface area (Å²) in [5.41, 5.74) is 1.25. The third-order valence-electron chi connectivity index (χ3n) is 3.12. The lowest BCUT2D eigenvalue weighted by Crippen LogP contribution is -2.49. The molecule has 0 bridgehead atoms. The van der Waals surface area contributed by atoms with Gasteiger partial charge >= 0.3 is 0 Å². The number of nitrogens with one attached hydrogen (secondary N) is 1. The summed E-state index contributed by atoms with van der Waals surface area (Å²) in [5.74, 6) is 0. The molecule has 0 radical (unpaired) electrons. The molecule has 1 fully saturated rings. The van der Waals surface area contributed by atoms with Crippen molar-refractivity contribution in [3.8, 4) is 0 Å². The Balaban J connectivity index is 1.60. The first kappa shape index (κ1) is 12.6. The van der Waals surface area contributed by atoms with Crippen molar-refractivity contribution in [2.45, 2.75) is 19.6 Å². The second-order valence-electron chi connectivity index (χ2n) is 4.69. The van der Waals surface area contributed by atoms with Gasteiger partial charge in [-0.15, -0.1) is 0 Å². The Hall–Kier alpha value is -0.900. The molecule has 2 rings (SSSR count). The Labute approximate surface area is 104 Å². The largest absolute Gasteiger partial charge is 0.375 e. The third-order valence-corrected chi connectivity index (χ3v) is 3.12. The van der Waals surface area contributed by atoms with Gasteiger partial charge in [-0.1, -0.05) is 30.3 Å². The molecule has 17 heavy (non-hydrogen) atoms. The molecule has 3 nitrogen and oxygen atoms in total. The van der Waals surface area contributed by atoms with Gasteiger partial charge in [-0.05, 0) is 12.5 Å². The molecule has 0 spiro atoms. The number of rotatable bonds is 5. The summed E-state index contributed by atoms with van der Waals surface area (Å²) < 4.78 is 5.70. The molecule has 0 aromatic heterocycles. The molecule has 1 aromatic rings. The van der Waals surface area contributed by atoms with Crippen molar-refractivity contribution in [1.82, 2.24) is 10.2 Å². The van der Waals surface area contributed by atoms with E-state index in [0.29, 0.717) is 6.04 Å². The lowest BCUT2D eigenvalue weighted by molar-refractivity contribution is 0.0834. The van der Waals surface area contributed by atoms with Gasteiger partial charge in [-0.3, -0.25) is 4.90 Å². The molecule has 0 unspecified atom stereocenters. The second kappa shape index (κ2) is 6.74. The second-order valence-corrected chi connectivity index (χ2v) is 4.69. The molecule has 1 N–H and O–H groups in total. The first-order valence-electron chi connectivity index (χ1n) is 6.42. The highest BCUT2D eigenvalue weighted by molar-refractivity contribution is 5.13. The molecular weight excluding hydrogens is 212 g/mol. The van der Waals surface area contributed by atoms with Crippen LogP contribution in [0.2, 0.25) is 0 Å². The highest BCUT2D eigenvalue weighted by Gasteiger charge is 2.14. The monoisotopic (exact) mass is 234 g/mol. The SMILES string of the molecule is C[C@H]1CN(CCOCc2ccccc2)CCN1. The minimum Gasteiger partial charge on any atom is -0.375 e. The van der Waals surface area contributed by atoms with Crippen LogP contribution in [0, 0.1) is 0 Å². The summed E-state index contributed by atoms with van der Waals surface area (Å²) in [5, 5.41) is 3.45. The number of piperazine rings is 1. The van der Waals surface area contributed by atoms with Crippen molar-refractivity contribution in [2.75, 3.05) is 32.8 Å². The molecule has 1 heterocycles. The Bertz CT molecular complexity index is 315.